The van der Waals surface area contributed by atoms with Gasteiger partial charge in [0.1, 0.15) is 0 Å². The van der Waals surface area contributed by atoms with Gasteiger partial charge >= 0.3 is 0 Å². The second-order valence-corrected chi connectivity index (χ2v) is 4.23. The van der Waals surface area contributed by atoms with Crippen molar-refractivity contribution >= 4 is 17.1 Å². The second kappa shape index (κ2) is 5.94. The Balaban J connectivity index is 2.32. The fourth-order valence-corrected chi connectivity index (χ4v) is 2.01. The zero-order chi connectivity index (χ0) is 10.4. The second-order valence-electron chi connectivity index (χ2n) is 3.11. The highest BCUT2D eigenvalue weighted by molar-refractivity contribution is 7.10. The van der Waals surface area contributed by atoms with Crippen molar-refractivity contribution in [3.63, 3.8) is 0 Å². The van der Waals surface area contributed by atoms with Crippen molar-refractivity contribution in [3.05, 3.63) is 21.9 Å². The van der Waals surface area contributed by atoms with Crippen LogP contribution in [-0.4, -0.2) is 19.0 Å². The van der Waals surface area contributed by atoms with Crippen molar-refractivity contribution in [2.24, 2.45) is 0 Å². The first-order valence-corrected chi connectivity index (χ1v) is 5.78. The SMILES string of the molecule is CCOCCCC(=O)c1ccsc1C. The third kappa shape index (κ3) is 3.24. The molecule has 0 bridgehead atoms. The Bertz CT molecular complexity index is 291. The smallest absolute Gasteiger partial charge is 0.164 e. The lowest BCUT2D eigenvalue weighted by Crippen LogP contribution is -2.02. The summed E-state index contributed by atoms with van der Waals surface area (Å²) >= 11 is 1.62. The van der Waals surface area contributed by atoms with E-state index in [0.717, 1.165) is 23.5 Å². The number of thiophene rings is 1. The van der Waals surface area contributed by atoms with E-state index in [1.165, 1.54) is 0 Å². The van der Waals surface area contributed by atoms with Crippen LogP contribution in [0.3, 0.4) is 0 Å². The summed E-state index contributed by atoms with van der Waals surface area (Å²) in [6.45, 7) is 5.36. The van der Waals surface area contributed by atoms with Gasteiger partial charge in [0.05, 0.1) is 0 Å². The number of ether oxygens (including phenoxy) is 1. The van der Waals surface area contributed by atoms with Gasteiger partial charge in [-0.2, -0.15) is 0 Å². The molecule has 0 N–H and O–H groups in total. The fraction of sp³-hybridized carbons (Fsp3) is 0.545. The molecular weight excluding hydrogens is 196 g/mol. The van der Waals surface area contributed by atoms with E-state index < -0.39 is 0 Å². The molecule has 78 valence electrons. The van der Waals surface area contributed by atoms with Crippen molar-refractivity contribution in [2.45, 2.75) is 26.7 Å². The van der Waals surface area contributed by atoms with Gasteiger partial charge < -0.3 is 4.74 Å². The highest BCUT2D eigenvalue weighted by Gasteiger charge is 2.08. The lowest BCUT2D eigenvalue weighted by molar-refractivity contribution is 0.0947. The van der Waals surface area contributed by atoms with Crippen molar-refractivity contribution < 1.29 is 9.53 Å². The molecule has 0 spiro atoms. The van der Waals surface area contributed by atoms with Crippen molar-refractivity contribution in [2.75, 3.05) is 13.2 Å². The first-order chi connectivity index (χ1) is 6.75. The fourth-order valence-electron chi connectivity index (χ4n) is 1.29. The van der Waals surface area contributed by atoms with Crippen LogP contribution >= 0.6 is 11.3 Å². The largest absolute Gasteiger partial charge is 0.382 e. The maximum Gasteiger partial charge on any atom is 0.164 e. The van der Waals surface area contributed by atoms with Crippen LogP contribution in [0.4, 0.5) is 0 Å². The third-order valence-electron chi connectivity index (χ3n) is 2.06. The molecule has 1 aromatic rings. The minimum Gasteiger partial charge on any atom is -0.382 e. The molecule has 0 amide bonds. The topological polar surface area (TPSA) is 26.3 Å². The zero-order valence-corrected chi connectivity index (χ0v) is 9.52. The number of Topliss-reactive ketones (excluding diaryl/α,β-unsaturated/α-hetero) is 1. The molecule has 0 aromatic carbocycles. The molecule has 0 unspecified atom stereocenters. The normalized spacial score (nSPS) is 10.4. The molecule has 0 saturated carbocycles. The van der Waals surface area contributed by atoms with Gasteiger partial charge in [-0.25, -0.2) is 0 Å². The molecule has 0 aliphatic rings. The highest BCUT2D eigenvalue weighted by atomic mass is 32.1. The first kappa shape index (κ1) is 11.4. The van der Waals surface area contributed by atoms with Crippen LogP contribution in [0.5, 0.6) is 0 Å². The Morgan fingerprint density at radius 1 is 1.57 bits per heavy atom. The molecule has 0 aliphatic heterocycles. The number of carbonyl (C=O) groups is 1. The molecule has 1 rings (SSSR count). The number of aryl methyl sites for hydroxylation is 1. The number of carbonyl (C=O) groups excluding carboxylic acids is 1. The number of hydrogen-bond acceptors (Lipinski definition) is 3. The summed E-state index contributed by atoms with van der Waals surface area (Å²) in [5, 5.41) is 1.96. The Morgan fingerprint density at radius 2 is 2.36 bits per heavy atom. The summed E-state index contributed by atoms with van der Waals surface area (Å²) in [5.74, 6) is 0.239. The van der Waals surface area contributed by atoms with Gasteiger partial charge in [0.15, 0.2) is 5.78 Å². The van der Waals surface area contributed by atoms with Crippen LogP contribution in [0.25, 0.3) is 0 Å². The Kier molecular flexibility index (Phi) is 4.84. The summed E-state index contributed by atoms with van der Waals surface area (Å²) in [4.78, 5) is 12.8. The van der Waals surface area contributed by atoms with Gasteiger partial charge in [0.2, 0.25) is 0 Å². The molecule has 1 heterocycles. The summed E-state index contributed by atoms with van der Waals surface area (Å²) in [6, 6.07) is 1.91. The summed E-state index contributed by atoms with van der Waals surface area (Å²) in [5.41, 5.74) is 0.881. The van der Waals surface area contributed by atoms with Crippen LogP contribution in [0.1, 0.15) is 35.0 Å². The van der Waals surface area contributed by atoms with E-state index in [1.54, 1.807) is 11.3 Å². The van der Waals surface area contributed by atoms with Gasteiger partial charge in [0, 0.05) is 30.1 Å². The van der Waals surface area contributed by atoms with E-state index >= 15 is 0 Å². The standard InChI is InChI=1S/C11H16O2S/c1-3-13-7-4-5-11(12)10-6-8-14-9(10)2/h6,8H,3-5,7H2,1-2H3. The Labute approximate surface area is 88.9 Å². The molecule has 0 aliphatic carbocycles. The predicted octanol–water partition coefficient (Wildman–Crippen LogP) is 3.06. The van der Waals surface area contributed by atoms with Crippen molar-refractivity contribution in [1.29, 1.82) is 0 Å². The minimum atomic E-state index is 0.239. The van der Waals surface area contributed by atoms with Crippen molar-refractivity contribution in [1.82, 2.24) is 0 Å². The molecule has 14 heavy (non-hydrogen) atoms. The van der Waals surface area contributed by atoms with Gasteiger partial charge in [0.25, 0.3) is 0 Å². The first-order valence-electron chi connectivity index (χ1n) is 4.90. The van der Waals surface area contributed by atoms with E-state index in [1.807, 2.05) is 25.3 Å². The average molecular weight is 212 g/mol. The van der Waals surface area contributed by atoms with Crippen LogP contribution < -0.4 is 0 Å². The summed E-state index contributed by atoms with van der Waals surface area (Å²) < 4.78 is 5.18. The summed E-state index contributed by atoms with van der Waals surface area (Å²) in [6.07, 6.45) is 1.42. The van der Waals surface area contributed by atoms with E-state index in [9.17, 15) is 4.79 Å². The average Bonchev–Trinajstić information content (AvgIpc) is 2.59. The maximum absolute atomic E-state index is 11.6. The highest BCUT2D eigenvalue weighted by Crippen LogP contribution is 2.17. The van der Waals surface area contributed by atoms with E-state index in [4.69, 9.17) is 4.74 Å². The van der Waals surface area contributed by atoms with E-state index in [0.29, 0.717) is 13.0 Å². The lowest BCUT2D eigenvalue weighted by atomic mass is 10.1. The monoisotopic (exact) mass is 212 g/mol. The van der Waals surface area contributed by atoms with Crippen LogP contribution in [-0.2, 0) is 4.74 Å². The minimum absolute atomic E-state index is 0.239. The molecule has 1 aromatic heterocycles. The Hall–Kier alpha value is -0.670. The number of hydrogen-bond donors (Lipinski definition) is 0. The molecule has 0 saturated heterocycles. The van der Waals surface area contributed by atoms with E-state index in [-0.39, 0.29) is 5.78 Å². The van der Waals surface area contributed by atoms with Gasteiger partial charge in [-0.3, -0.25) is 4.79 Å². The quantitative estimate of drug-likeness (QED) is 0.535. The van der Waals surface area contributed by atoms with Crippen LogP contribution in [0, 0.1) is 6.92 Å². The third-order valence-corrected chi connectivity index (χ3v) is 2.90. The van der Waals surface area contributed by atoms with Crippen molar-refractivity contribution in [3.8, 4) is 0 Å². The van der Waals surface area contributed by atoms with Gasteiger partial charge in [-0.05, 0) is 31.7 Å². The predicted molar refractivity (Wildman–Crippen MR) is 59.1 cm³/mol. The van der Waals surface area contributed by atoms with Crippen LogP contribution in [0.15, 0.2) is 11.4 Å². The van der Waals surface area contributed by atoms with Crippen LogP contribution in [0.2, 0.25) is 0 Å². The number of rotatable bonds is 6. The molecular formula is C11H16O2S. The lowest BCUT2D eigenvalue weighted by Gasteiger charge is -2.00. The molecule has 0 radical (unpaired) electrons. The summed E-state index contributed by atoms with van der Waals surface area (Å²) in [7, 11) is 0. The molecule has 0 fully saturated rings. The molecule has 0 atom stereocenters. The molecule has 2 nitrogen and oxygen atoms in total. The van der Waals surface area contributed by atoms with E-state index in [2.05, 4.69) is 0 Å². The zero-order valence-electron chi connectivity index (χ0n) is 8.71. The number of ketones is 1. The van der Waals surface area contributed by atoms with Gasteiger partial charge in [-0.1, -0.05) is 0 Å². The van der Waals surface area contributed by atoms with Gasteiger partial charge in [-0.15, -0.1) is 11.3 Å². The maximum atomic E-state index is 11.6. The molecule has 3 heteroatoms. The Morgan fingerprint density at radius 3 is 2.93 bits per heavy atom.